The van der Waals surface area contributed by atoms with Gasteiger partial charge in [-0.3, -0.25) is 4.90 Å². The highest BCUT2D eigenvalue weighted by Gasteiger charge is 2.23. The van der Waals surface area contributed by atoms with Crippen LogP contribution in [-0.2, 0) is 6.54 Å². The van der Waals surface area contributed by atoms with Gasteiger partial charge in [0.1, 0.15) is 0 Å². The van der Waals surface area contributed by atoms with Crippen molar-refractivity contribution in [2.45, 2.75) is 32.4 Å². The maximum atomic E-state index is 12.2. The van der Waals surface area contributed by atoms with Gasteiger partial charge in [0.25, 0.3) is 0 Å². The number of urea groups is 1. The Morgan fingerprint density at radius 3 is 2.95 bits per heavy atom. The van der Waals surface area contributed by atoms with Gasteiger partial charge in [-0.15, -0.1) is 0 Å². The molecule has 4 nitrogen and oxygen atoms in total. The molecule has 21 heavy (non-hydrogen) atoms. The SMILES string of the molecule is CCN1CCC[C@@H]1CNC(=O)N(C)Cc1ccccc1Cl. The highest BCUT2D eigenvalue weighted by atomic mass is 35.5. The van der Waals surface area contributed by atoms with Gasteiger partial charge in [0, 0.05) is 31.2 Å². The number of hydrogen-bond donors (Lipinski definition) is 1. The lowest BCUT2D eigenvalue weighted by Crippen LogP contribution is -2.44. The molecule has 0 unspecified atom stereocenters. The van der Waals surface area contributed by atoms with E-state index in [4.69, 9.17) is 11.6 Å². The molecule has 0 saturated carbocycles. The van der Waals surface area contributed by atoms with Gasteiger partial charge in [-0.1, -0.05) is 36.7 Å². The number of likely N-dealkylation sites (N-methyl/N-ethyl adjacent to an activating group) is 1. The van der Waals surface area contributed by atoms with E-state index in [1.165, 1.54) is 12.8 Å². The highest BCUT2D eigenvalue weighted by molar-refractivity contribution is 6.31. The van der Waals surface area contributed by atoms with Gasteiger partial charge < -0.3 is 10.2 Å². The van der Waals surface area contributed by atoms with Crippen LogP contribution in [0.3, 0.4) is 0 Å². The monoisotopic (exact) mass is 309 g/mol. The predicted octanol–water partition coefficient (Wildman–Crippen LogP) is 2.97. The molecule has 0 aliphatic carbocycles. The molecule has 1 heterocycles. The molecule has 0 bridgehead atoms. The molecule has 1 aromatic rings. The minimum Gasteiger partial charge on any atom is -0.336 e. The van der Waals surface area contributed by atoms with Crippen LogP contribution in [0, 0.1) is 0 Å². The van der Waals surface area contributed by atoms with E-state index in [0.717, 1.165) is 25.2 Å². The lowest BCUT2D eigenvalue weighted by Gasteiger charge is -2.25. The van der Waals surface area contributed by atoms with E-state index in [9.17, 15) is 4.79 Å². The largest absolute Gasteiger partial charge is 0.336 e. The van der Waals surface area contributed by atoms with Crippen molar-refractivity contribution >= 4 is 17.6 Å². The minimum absolute atomic E-state index is 0.0436. The first-order chi connectivity index (χ1) is 10.1. The smallest absolute Gasteiger partial charge is 0.317 e. The number of carbonyl (C=O) groups is 1. The van der Waals surface area contributed by atoms with Crippen LogP contribution in [0.1, 0.15) is 25.3 Å². The van der Waals surface area contributed by atoms with Gasteiger partial charge >= 0.3 is 6.03 Å². The van der Waals surface area contributed by atoms with E-state index < -0.39 is 0 Å². The zero-order valence-corrected chi connectivity index (χ0v) is 13.6. The molecule has 1 aromatic carbocycles. The van der Waals surface area contributed by atoms with Crippen LogP contribution in [-0.4, -0.2) is 48.6 Å². The third kappa shape index (κ3) is 4.35. The van der Waals surface area contributed by atoms with E-state index in [0.29, 0.717) is 17.6 Å². The van der Waals surface area contributed by atoms with Gasteiger partial charge in [0.15, 0.2) is 0 Å². The van der Waals surface area contributed by atoms with Gasteiger partial charge in [-0.05, 0) is 37.6 Å². The van der Waals surface area contributed by atoms with Crippen LogP contribution in [0.15, 0.2) is 24.3 Å². The van der Waals surface area contributed by atoms with Gasteiger partial charge in [-0.25, -0.2) is 4.79 Å². The highest BCUT2D eigenvalue weighted by Crippen LogP contribution is 2.17. The van der Waals surface area contributed by atoms with Crippen LogP contribution < -0.4 is 5.32 Å². The second-order valence-corrected chi connectivity index (χ2v) is 5.97. The molecule has 116 valence electrons. The summed E-state index contributed by atoms with van der Waals surface area (Å²) in [7, 11) is 1.80. The number of nitrogens with zero attached hydrogens (tertiary/aromatic N) is 2. The summed E-state index contributed by atoms with van der Waals surface area (Å²) in [6, 6.07) is 8.06. The molecule has 1 fully saturated rings. The molecule has 1 aliphatic heterocycles. The lowest BCUT2D eigenvalue weighted by atomic mass is 10.2. The summed E-state index contributed by atoms with van der Waals surface area (Å²) < 4.78 is 0. The molecule has 5 heteroatoms. The van der Waals surface area contributed by atoms with E-state index in [1.807, 2.05) is 24.3 Å². The Morgan fingerprint density at radius 2 is 2.24 bits per heavy atom. The number of likely N-dealkylation sites (tertiary alicyclic amines) is 1. The molecule has 2 rings (SSSR count). The number of rotatable bonds is 5. The van der Waals surface area contributed by atoms with Gasteiger partial charge in [-0.2, -0.15) is 0 Å². The Labute approximate surface area is 132 Å². The van der Waals surface area contributed by atoms with Crippen molar-refractivity contribution < 1.29 is 4.79 Å². The fourth-order valence-electron chi connectivity index (χ4n) is 2.84. The van der Waals surface area contributed by atoms with Gasteiger partial charge in [0.2, 0.25) is 0 Å². The lowest BCUT2D eigenvalue weighted by molar-refractivity contribution is 0.199. The Kier molecular flexibility index (Phi) is 5.88. The average molecular weight is 310 g/mol. The maximum absolute atomic E-state index is 12.2. The second kappa shape index (κ2) is 7.66. The van der Waals surface area contributed by atoms with Crippen molar-refractivity contribution in [2.75, 3.05) is 26.7 Å². The number of benzene rings is 1. The van der Waals surface area contributed by atoms with Crippen LogP contribution in [0.5, 0.6) is 0 Å². The quantitative estimate of drug-likeness (QED) is 0.907. The van der Waals surface area contributed by atoms with Crippen molar-refractivity contribution in [3.05, 3.63) is 34.9 Å². The summed E-state index contributed by atoms with van der Waals surface area (Å²) in [4.78, 5) is 16.3. The molecule has 0 aromatic heterocycles. The second-order valence-electron chi connectivity index (χ2n) is 5.56. The van der Waals surface area contributed by atoms with Crippen LogP contribution in [0.4, 0.5) is 4.79 Å². The summed E-state index contributed by atoms with van der Waals surface area (Å²) in [5.41, 5.74) is 0.966. The molecule has 1 N–H and O–H groups in total. The molecule has 1 atom stereocenters. The summed E-state index contributed by atoms with van der Waals surface area (Å²) in [5, 5.41) is 3.73. The van der Waals surface area contributed by atoms with Gasteiger partial charge in [0.05, 0.1) is 0 Å². The Morgan fingerprint density at radius 1 is 1.48 bits per heavy atom. The van der Waals surface area contributed by atoms with E-state index >= 15 is 0 Å². The molecule has 2 amide bonds. The third-order valence-electron chi connectivity index (χ3n) is 4.11. The van der Waals surface area contributed by atoms with Crippen molar-refractivity contribution in [1.29, 1.82) is 0 Å². The Bertz CT molecular complexity index is 480. The zero-order valence-electron chi connectivity index (χ0n) is 12.8. The van der Waals surface area contributed by atoms with Crippen molar-refractivity contribution in [2.24, 2.45) is 0 Å². The standard InChI is InChI=1S/C16H24ClN3O/c1-3-20-10-6-8-14(20)11-18-16(21)19(2)12-13-7-4-5-9-15(13)17/h4-5,7,9,14H,3,6,8,10-12H2,1-2H3,(H,18,21)/t14-/m1/s1. The van der Waals surface area contributed by atoms with Crippen molar-refractivity contribution in [1.82, 2.24) is 15.1 Å². The van der Waals surface area contributed by atoms with Crippen LogP contribution in [0.2, 0.25) is 5.02 Å². The molecular weight excluding hydrogens is 286 g/mol. The van der Waals surface area contributed by atoms with E-state index in [2.05, 4.69) is 17.1 Å². The molecule has 0 spiro atoms. The predicted molar refractivity (Wildman–Crippen MR) is 86.6 cm³/mol. The maximum Gasteiger partial charge on any atom is 0.317 e. The number of amides is 2. The minimum atomic E-state index is -0.0436. The Hall–Kier alpha value is -1.26. The first kappa shape index (κ1) is 16.1. The van der Waals surface area contributed by atoms with Crippen LogP contribution in [0.25, 0.3) is 0 Å². The zero-order chi connectivity index (χ0) is 15.2. The fourth-order valence-corrected chi connectivity index (χ4v) is 3.03. The molecule has 1 aliphatic rings. The van der Waals surface area contributed by atoms with Crippen molar-refractivity contribution in [3.63, 3.8) is 0 Å². The van der Waals surface area contributed by atoms with Crippen molar-refractivity contribution in [3.8, 4) is 0 Å². The first-order valence-electron chi connectivity index (χ1n) is 7.58. The molecular formula is C16H24ClN3O. The Balaban J connectivity index is 1.81. The topological polar surface area (TPSA) is 35.6 Å². The summed E-state index contributed by atoms with van der Waals surface area (Å²) in [5.74, 6) is 0. The van der Waals surface area contributed by atoms with E-state index in [-0.39, 0.29) is 6.03 Å². The van der Waals surface area contributed by atoms with E-state index in [1.54, 1.807) is 11.9 Å². The molecule has 1 saturated heterocycles. The summed E-state index contributed by atoms with van der Waals surface area (Å²) in [6.07, 6.45) is 2.40. The first-order valence-corrected chi connectivity index (χ1v) is 7.96. The molecule has 0 radical (unpaired) electrons. The fraction of sp³-hybridized carbons (Fsp3) is 0.562. The third-order valence-corrected chi connectivity index (χ3v) is 4.47. The van der Waals surface area contributed by atoms with Crippen LogP contribution >= 0.6 is 11.6 Å². The normalized spacial score (nSPS) is 18.7. The number of carbonyl (C=O) groups excluding carboxylic acids is 1. The number of halogens is 1. The average Bonchev–Trinajstić information content (AvgIpc) is 2.94. The summed E-state index contributed by atoms with van der Waals surface area (Å²) in [6.45, 7) is 5.61. The summed E-state index contributed by atoms with van der Waals surface area (Å²) >= 11 is 6.13. The number of nitrogens with one attached hydrogen (secondary N) is 1. The number of hydrogen-bond acceptors (Lipinski definition) is 2.